The molecule has 124 valence electrons. The highest BCUT2D eigenvalue weighted by molar-refractivity contribution is 6.30. The largest absolute Gasteiger partial charge is 0.492 e. The van der Waals surface area contributed by atoms with Gasteiger partial charge in [0.1, 0.15) is 18.1 Å². The number of nitrogens with zero attached hydrogens (tertiary/aromatic N) is 1. The molecule has 0 saturated heterocycles. The number of fused-ring (bicyclic) bond motifs is 1. The van der Waals surface area contributed by atoms with Crippen LogP contribution in [0, 0.1) is 0 Å². The fourth-order valence-electron chi connectivity index (χ4n) is 2.37. The molecule has 1 aliphatic rings. The van der Waals surface area contributed by atoms with E-state index in [0.29, 0.717) is 28.8 Å². The molecule has 1 amide bonds. The molecular formula is C17H14ClNO5. The van der Waals surface area contributed by atoms with Crippen molar-refractivity contribution in [1.82, 2.24) is 0 Å². The molecule has 0 atom stereocenters. The van der Waals surface area contributed by atoms with Crippen LogP contribution in [0.15, 0.2) is 42.5 Å². The third kappa shape index (κ3) is 3.44. The molecule has 0 bridgehead atoms. The number of hydrogen-bond donors (Lipinski definition) is 1. The Hall–Kier alpha value is -2.73. The molecule has 0 aliphatic carbocycles. The van der Waals surface area contributed by atoms with Gasteiger partial charge in [0.25, 0.3) is 5.91 Å². The molecule has 2 aromatic carbocycles. The fraction of sp³-hybridized carbons (Fsp3) is 0.176. The van der Waals surface area contributed by atoms with Crippen molar-refractivity contribution in [1.29, 1.82) is 0 Å². The van der Waals surface area contributed by atoms with Gasteiger partial charge in [0, 0.05) is 5.02 Å². The van der Waals surface area contributed by atoms with Crippen molar-refractivity contribution in [3.8, 4) is 11.5 Å². The number of amides is 1. The molecule has 0 aromatic heterocycles. The van der Waals surface area contributed by atoms with E-state index in [0.717, 1.165) is 0 Å². The summed E-state index contributed by atoms with van der Waals surface area (Å²) in [5, 5.41) is 9.65. The molecule has 24 heavy (non-hydrogen) atoms. The molecule has 1 N–H and O–H groups in total. The number of carbonyl (C=O) groups is 2. The molecule has 2 aromatic rings. The Balaban J connectivity index is 1.70. The summed E-state index contributed by atoms with van der Waals surface area (Å²) in [7, 11) is 0. The first-order valence-corrected chi connectivity index (χ1v) is 7.61. The van der Waals surface area contributed by atoms with Crippen LogP contribution < -0.4 is 14.4 Å². The van der Waals surface area contributed by atoms with Crippen LogP contribution in [0.4, 0.5) is 5.69 Å². The number of halogens is 1. The minimum atomic E-state index is -1.05. The molecule has 1 heterocycles. The summed E-state index contributed by atoms with van der Waals surface area (Å²) in [6.07, 6.45) is 0. The van der Waals surface area contributed by atoms with Gasteiger partial charge in [-0.1, -0.05) is 11.6 Å². The SMILES string of the molecule is O=C(O)c1ccc2c(c1)OCC(=O)N2CCOc1ccc(Cl)cc1. The number of rotatable bonds is 5. The Labute approximate surface area is 143 Å². The summed E-state index contributed by atoms with van der Waals surface area (Å²) < 4.78 is 10.9. The van der Waals surface area contributed by atoms with Gasteiger partial charge in [-0.3, -0.25) is 4.79 Å². The Morgan fingerprint density at radius 1 is 1.25 bits per heavy atom. The number of carboxylic acid groups (broad SMARTS) is 1. The molecule has 1 aliphatic heterocycles. The minimum absolute atomic E-state index is 0.112. The molecular weight excluding hydrogens is 334 g/mol. The fourth-order valence-corrected chi connectivity index (χ4v) is 2.49. The van der Waals surface area contributed by atoms with Crippen LogP contribution in [0.2, 0.25) is 5.02 Å². The average Bonchev–Trinajstić information content (AvgIpc) is 2.58. The molecule has 0 saturated carbocycles. The van der Waals surface area contributed by atoms with Gasteiger partial charge in [0.15, 0.2) is 6.61 Å². The van der Waals surface area contributed by atoms with Gasteiger partial charge in [0.2, 0.25) is 0 Å². The lowest BCUT2D eigenvalue weighted by atomic mass is 10.1. The van der Waals surface area contributed by atoms with Crippen molar-refractivity contribution in [3.05, 3.63) is 53.1 Å². The normalized spacial score (nSPS) is 13.2. The minimum Gasteiger partial charge on any atom is -0.492 e. The molecule has 6 nitrogen and oxygen atoms in total. The first-order valence-electron chi connectivity index (χ1n) is 7.23. The predicted octanol–water partition coefficient (Wildman–Crippen LogP) is 2.84. The van der Waals surface area contributed by atoms with Gasteiger partial charge in [-0.05, 0) is 42.5 Å². The highest BCUT2D eigenvalue weighted by atomic mass is 35.5. The summed E-state index contributed by atoms with van der Waals surface area (Å²) in [4.78, 5) is 24.6. The van der Waals surface area contributed by atoms with Crippen molar-refractivity contribution >= 4 is 29.2 Å². The number of anilines is 1. The average molecular weight is 348 g/mol. The highest BCUT2D eigenvalue weighted by Crippen LogP contribution is 2.32. The molecule has 0 radical (unpaired) electrons. The number of carbonyl (C=O) groups excluding carboxylic acids is 1. The Morgan fingerprint density at radius 2 is 2.00 bits per heavy atom. The summed E-state index contributed by atoms with van der Waals surface area (Å²) in [5.74, 6) is -0.219. The Bertz CT molecular complexity index is 775. The maximum Gasteiger partial charge on any atom is 0.335 e. The van der Waals surface area contributed by atoms with Crippen LogP contribution in [-0.4, -0.2) is 36.7 Å². The van der Waals surface area contributed by atoms with E-state index < -0.39 is 5.97 Å². The van der Waals surface area contributed by atoms with Crippen molar-refractivity contribution in [3.63, 3.8) is 0 Å². The summed E-state index contributed by atoms with van der Waals surface area (Å²) in [5.41, 5.74) is 0.649. The summed E-state index contributed by atoms with van der Waals surface area (Å²) in [6, 6.07) is 11.4. The van der Waals surface area contributed by atoms with Gasteiger partial charge in [0.05, 0.1) is 17.8 Å². The van der Waals surface area contributed by atoms with Gasteiger partial charge < -0.3 is 19.5 Å². The maximum atomic E-state index is 12.1. The molecule has 0 spiro atoms. The maximum absolute atomic E-state index is 12.1. The number of ether oxygens (including phenoxy) is 2. The van der Waals surface area contributed by atoms with Crippen LogP contribution in [0.1, 0.15) is 10.4 Å². The van der Waals surface area contributed by atoms with E-state index in [9.17, 15) is 9.59 Å². The smallest absolute Gasteiger partial charge is 0.335 e. The van der Waals surface area contributed by atoms with E-state index in [2.05, 4.69) is 0 Å². The second-order valence-corrected chi connectivity index (χ2v) is 5.56. The highest BCUT2D eigenvalue weighted by Gasteiger charge is 2.26. The summed E-state index contributed by atoms with van der Waals surface area (Å²) in [6.45, 7) is 0.481. The van der Waals surface area contributed by atoms with Crippen molar-refractivity contribution in [2.45, 2.75) is 0 Å². The monoisotopic (exact) mass is 347 g/mol. The standard InChI is InChI=1S/C17H14ClNO5/c18-12-2-4-13(5-3-12)23-8-7-19-14-6-1-11(17(21)22)9-15(14)24-10-16(19)20/h1-6,9H,7-8,10H2,(H,21,22). The second-order valence-electron chi connectivity index (χ2n) is 5.12. The van der Waals surface area contributed by atoms with Crippen molar-refractivity contribution in [2.75, 3.05) is 24.7 Å². The predicted molar refractivity (Wildman–Crippen MR) is 88.2 cm³/mol. The number of hydrogen-bond acceptors (Lipinski definition) is 4. The van der Waals surface area contributed by atoms with E-state index in [1.165, 1.54) is 17.0 Å². The second kappa shape index (κ2) is 6.80. The van der Waals surface area contributed by atoms with E-state index in [-0.39, 0.29) is 24.7 Å². The third-order valence-electron chi connectivity index (χ3n) is 3.55. The molecule has 7 heteroatoms. The van der Waals surface area contributed by atoms with E-state index in [1.54, 1.807) is 30.3 Å². The van der Waals surface area contributed by atoms with Crippen LogP contribution in [-0.2, 0) is 4.79 Å². The van der Waals surface area contributed by atoms with Crippen LogP contribution in [0.3, 0.4) is 0 Å². The molecule has 0 fully saturated rings. The van der Waals surface area contributed by atoms with Crippen LogP contribution in [0.25, 0.3) is 0 Å². The Kier molecular flexibility index (Phi) is 4.57. The van der Waals surface area contributed by atoms with Gasteiger partial charge in [-0.2, -0.15) is 0 Å². The van der Waals surface area contributed by atoms with Crippen LogP contribution in [0.5, 0.6) is 11.5 Å². The van der Waals surface area contributed by atoms with E-state index in [4.69, 9.17) is 26.2 Å². The number of carboxylic acids is 1. The zero-order valence-corrected chi connectivity index (χ0v) is 13.3. The lowest BCUT2D eigenvalue weighted by molar-refractivity contribution is -0.121. The van der Waals surface area contributed by atoms with E-state index in [1.807, 2.05) is 0 Å². The lowest BCUT2D eigenvalue weighted by Crippen LogP contribution is -2.41. The zero-order valence-electron chi connectivity index (χ0n) is 12.6. The topological polar surface area (TPSA) is 76.1 Å². The first-order chi connectivity index (χ1) is 11.5. The third-order valence-corrected chi connectivity index (χ3v) is 3.80. The zero-order chi connectivity index (χ0) is 17.1. The van der Waals surface area contributed by atoms with E-state index >= 15 is 0 Å². The molecule has 0 unspecified atom stereocenters. The van der Waals surface area contributed by atoms with Gasteiger partial charge in [-0.15, -0.1) is 0 Å². The number of aromatic carboxylic acids is 1. The molecule has 3 rings (SSSR count). The summed E-state index contributed by atoms with van der Waals surface area (Å²) >= 11 is 5.81. The first kappa shape index (κ1) is 16.1. The van der Waals surface area contributed by atoms with Gasteiger partial charge >= 0.3 is 5.97 Å². The van der Waals surface area contributed by atoms with Crippen molar-refractivity contribution in [2.24, 2.45) is 0 Å². The van der Waals surface area contributed by atoms with Crippen LogP contribution >= 0.6 is 11.6 Å². The Morgan fingerprint density at radius 3 is 2.71 bits per heavy atom. The van der Waals surface area contributed by atoms with Crippen molar-refractivity contribution < 1.29 is 24.2 Å². The lowest BCUT2D eigenvalue weighted by Gasteiger charge is -2.29. The number of benzene rings is 2. The van der Waals surface area contributed by atoms with Gasteiger partial charge in [-0.25, -0.2) is 4.79 Å². The quantitative estimate of drug-likeness (QED) is 0.900.